The van der Waals surface area contributed by atoms with Crippen molar-refractivity contribution >= 4 is 11.9 Å². The van der Waals surface area contributed by atoms with E-state index < -0.39 is 11.9 Å². The van der Waals surface area contributed by atoms with E-state index in [1.165, 1.54) is 0 Å². The number of ether oxygens (including phenoxy) is 1. The van der Waals surface area contributed by atoms with Gasteiger partial charge in [-0.05, 0) is 5.56 Å². The molecule has 1 aromatic rings. The number of esters is 1. The van der Waals surface area contributed by atoms with Gasteiger partial charge in [-0.2, -0.15) is 5.90 Å². The van der Waals surface area contributed by atoms with Crippen LogP contribution in [0, 0.1) is 0 Å². The average Bonchev–Trinajstić information content (AvgIpc) is 2.34. The molecule has 0 radical (unpaired) electrons. The molecule has 0 spiro atoms. The lowest BCUT2D eigenvalue weighted by molar-refractivity contribution is -0.141. The highest BCUT2D eigenvalue weighted by molar-refractivity contribution is 5.91. The van der Waals surface area contributed by atoms with Gasteiger partial charge in [0, 0.05) is 12.2 Å². The summed E-state index contributed by atoms with van der Waals surface area (Å²) >= 11 is 0. The first-order valence-corrected chi connectivity index (χ1v) is 4.52. The first kappa shape index (κ1) is 11.9. The van der Waals surface area contributed by atoms with Crippen molar-refractivity contribution in [2.45, 2.75) is 6.61 Å². The third kappa shape index (κ3) is 4.39. The molecule has 2 N–H and O–H groups in total. The van der Waals surface area contributed by atoms with Gasteiger partial charge in [0.05, 0.1) is 0 Å². The highest BCUT2D eigenvalue weighted by Gasteiger charge is 2.00. The van der Waals surface area contributed by atoms with Crippen LogP contribution in [0.2, 0.25) is 0 Å². The first-order chi connectivity index (χ1) is 7.72. The summed E-state index contributed by atoms with van der Waals surface area (Å²) in [5.74, 6) is 3.13. The fourth-order valence-corrected chi connectivity index (χ4v) is 0.952. The Hall–Kier alpha value is -2.14. The summed E-state index contributed by atoms with van der Waals surface area (Å²) < 4.78 is 4.85. The Labute approximate surface area is 92.4 Å². The molecule has 84 valence electrons. The molecule has 0 aliphatic carbocycles. The molecule has 0 saturated carbocycles. The maximum absolute atomic E-state index is 11.1. The minimum Gasteiger partial charge on any atom is -0.458 e. The van der Waals surface area contributed by atoms with Crippen LogP contribution >= 0.6 is 0 Å². The van der Waals surface area contributed by atoms with Crippen LogP contribution in [-0.2, 0) is 25.8 Å². The van der Waals surface area contributed by atoms with Crippen molar-refractivity contribution in [3.63, 3.8) is 0 Å². The van der Waals surface area contributed by atoms with Gasteiger partial charge in [-0.15, -0.1) is 0 Å². The van der Waals surface area contributed by atoms with Crippen molar-refractivity contribution in [2.24, 2.45) is 5.90 Å². The lowest BCUT2D eigenvalue weighted by atomic mass is 10.2. The largest absolute Gasteiger partial charge is 0.458 e. The molecule has 0 aliphatic rings. The zero-order valence-electron chi connectivity index (χ0n) is 8.46. The van der Waals surface area contributed by atoms with Crippen molar-refractivity contribution in [1.29, 1.82) is 0 Å². The van der Waals surface area contributed by atoms with Gasteiger partial charge in [-0.3, -0.25) is 0 Å². The Morgan fingerprint density at radius 3 is 2.38 bits per heavy atom. The molecule has 1 rings (SSSR count). The van der Waals surface area contributed by atoms with Gasteiger partial charge >= 0.3 is 11.9 Å². The third-order valence-corrected chi connectivity index (χ3v) is 1.70. The minimum atomic E-state index is -0.809. The third-order valence-electron chi connectivity index (χ3n) is 1.70. The van der Waals surface area contributed by atoms with Gasteiger partial charge in [-0.1, -0.05) is 30.3 Å². The zero-order valence-corrected chi connectivity index (χ0v) is 8.46. The topological polar surface area (TPSA) is 78.6 Å². The van der Waals surface area contributed by atoms with Crippen LogP contribution < -0.4 is 5.90 Å². The van der Waals surface area contributed by atoms with E-state index in [1.54, 1.807) is 0 Å². The predicted molar refractivity (Wildman–Crippen MR) is 55.7 cm³/mol. The second-order valence-corrected chi connectivity index (χ2v) is 2.86. The van der Waals surface area contributed by atoms with E-state index in [2.05, 4.69) is 10.7 Å². The second kappa shape index (κ2) is 6.36. The molecule has 0 bridgehead atoms. The Kier molecular flexibility index (Phi) is 4.75. The molecule has 1 aromatic carbocycles. The summed E-state index contributed by atoms with van der Waals surface area (Å²) in [6, 6.07) is 9.19. The smallest absolute Gasteiger partial charge is 0.349 e. The standard InChI is InChI=1S/C11H11NO4/c12-16-11(14)7-6-10(13)15-8-9-4-2-1-3-5-9/h1-7H,8,12H2. The molecule has 0 atom stereocenters. The van der Waals surface area contributed by atoms with E-state index in [4.69, 9.17) is 4.74 Å². The molecule has 5 nitrogen and oxygen atoms in total. The van der Waals surface area contributed by atoms with Crippen LogP contribution in [0.4, 0.5) is 0 Å². The van der Waals surface area contributed by atoms with Crippen molar-refractivity contribution in [3.8, 4) is 0 Å². The van der Waals surface area contributed by atoms with Crippen molar-refractivity contribution in [2.75, 3.05) is 0 Å². The Morgan fingerprint density at radius 2 is 1.75 bits per heavy atom. The molecule has 0 aliphatic heterocycles. The summed E-state index contributed by atoms with van der Waals surface area (Å²) in [4.78, 5) is 25.5. The van der Waals surface area contributed by atoms with E-state index in [-0.39, 0.29) is 6.61 Å². The first-order valence-electron chi connectivity index (χ1n) is 4.52. The summed E-state index contributed by atoms with van der Waals surface area (Å²) in [5.41, 5.74) is 0.866. The number of hydrogen-bond donors (Lipinski definition) is 1. The molecular weight excluding hydrogens is 210 g/mol. The average molecular weight is 221 g/mol. The molecule has 5 heteroatoms. The van der Waals surface area contributed by atoms with Crippen molar-refractivity contribution in [1.82, 2.24) is 0 Å². The molecule has 0 saturated heterocycles. The number of rotatable bonds is 4. The van der Waals surface area contributed by atoms with Crippen molar-refractivity contribution < 1.29 is 19.2 Å². The Morgan fingerprint density at radius 1 is 1.12 bits per heavy atom. The summed E-state index contributed by atoms with van der Waals surface area (Å²) in [6.07, 6.45) is 1.85. The maximum atomic E-state index is 11.1. The Bertz CT molecular complexity index is 386. The Balaban J connectivity index is 2.36. The molecule has 0 amide bonds. The number of hydrogen-bond acceptors (Lipinski definition) is 5. The van der Waals surface area contributed by atoms with Gasteiger partial charge in [0.2, 0.25) is 0 Å². The summed E-state index contributed by atoms with van der Waals surface area (Å²) in [7, 11) is 0. The highest BCUT2D eigenvalue weighted by atomic mass is 16.7. The summed E-state index contributed by atoms with van der Waals surface area (Å²) in [5, 5.41) is 0. The van der Waals surface area contributed by atoms with Crippen LogP contribution in [0.5, 0.6) is 0 Å². The highest BCUT2D eigenvalue weighted by Crippen LogP contribution is 2.00. The van der Waals surface area contributed by atoms with Crippen LogP contribution in [0.1, 0.15) is 5.56 Å². The van der Waals surface area contributed by atoms with E-state index in [0.717, 1.165) is 17.7 Å². The van der Waals surface area contributed by atoms with Gasteiger partial charge < -0.3 is 9.57 Å². The maximum Gasteiger partial charge on any atom is 0.349 e. The molecule has 0 fully saturated rings. The normalized spacial score (nSPS) is 10.1. The van der Waals surface area contributed by atoms with Crippen LogP contribution in [0.3, 0.4) is 0 Å². The number of carbonyl (C=O) groups is 2. The lowest BCUT2D eigenvalue weighted by Crippen LogP contribution is -2.08. The van der Waals surface area contributed by atoms with Gasteiger partial charge in [-0.25, -0.2) is 9.59 Å². The molecule has 0 unspecified atom stereocenters. The SMILES string of the molecule is NOC(=O)C=CC(=O)OCc1ccccc1. The molecular formula is C11H11NO4. The minimum absolute atomic E-state index is 0.154. The quantitative estimate of drug-likeness (QED) is 0.460. The zero-order chi connectivity index (χ0) is 11.8. The van der Waals surface area contributed by atoms with Crippen LogP contribution in [-0.4, -0.2) is 11.9 Å². The summed E-state index contributed by atoms with van der Waals surface area (Å²) in [6.45, 7) is 0.154. The molecule has 0 heterocycles. The lowest BCUT2D eigenvalue weighted by Gasteiger charge is -2.00. The van der Waals surface area contributed by atoms with E-state index in [0.29, 0.717) is 0 Å². The van der Waals surface area contributed by atoms with Gasteiger partial charge in [0.25, 0.3) is 0 Å². The fraction of sp³-hybridized carbons (Fsp3) is 0.0909. The molecule has 0 aromatic heterocycles. The van der Waals surface area contributed by atoms with Crippen LogP contribution in [0.15, 0.2) is 42.5 Å². The number of carbonyl (C=O) groups excluding carboxylic acids is 2. The number of nitrogens with two attached hydrogens (primary N) is 1. The predicted octanol–water partition coefficient (Wildman–Crippen LogP) is 0.703. The van der Waals surface area contributed by atoms with E-state index >= 15 is 0 Å². The van der Waals surface area contributed by atoms with Gasteiger partial charge in [0.1, 0.15) is 6.61 Å². The van der Waals surface area contributed by atoms with E-state index in [9.17, 15) is 9.59 Å². The van der Waals surface area contributed by atoms with Crippen molar-refractivity contribution in [3.05, 3.63) is 48.0 Å². The fourth-order valence-electron chi connectivity index (χ4n) is 0.952. The van der Waals surface area contributed by atoms with E-state index in [1.807, 2.05) is 30.3 Å². The monoisotopic (exact) mass is 221 g/mol. The number of benzene rings is 1. The van der Waals surface area contributed by atoms with Crippen LogP contribution in [0.25, 0.3) is 0 Å². The van der Waals surface area contributed by atoms with Gasteiger partial charge in [0.15, 0.2) is 0 Å². The molecule has 16 heavy (non-hydrogen) atoms. The second-order valence-electron chi connectivity index (χ2n) is 2.86.